The molecule has 8 nitrogen and oxygen atoms in total. The number of nitrogens with zero attached hydrogens (tertiary/aromatic N) is 4. The fourth-order valence-corrected chi connectivity index (χ4v) is 2.59. The summed E-state index contributed by atoms with van der Waals surface area (Å²) in [6, 6.07) is 11.1. The van der Waals surface area contributed by atoms with Crippen LogP contribution in [0.5, 0.6) is 11.5 Å². The Morgan fingerprint density at radius 2 is 1.93 bits per heavy atom. The molecule has 8 heteroatoms. The number of anilines is 1. The van der Waals surface area contributed by atoms with Gasteiger partial charge in [-0.25, -0.2) is 0 Å². The van der Waals surface area contributed by atoms with Crippen LogP contribution in [-0.2, 0) is 4.79 Å². The number of hydrogen-bond acceptors (Lipinski definition) is 6. The molecule has 3 rings (SSSR count). The summed E-state index contributed by atoms with van der Waals surface area (Å²) in [5, 5.41) is 14.3. The average molecular weight is 367 g/mol. The molecule has 1 aromatic heterocycles. The first-order valence-corrected chi connectivity index (χ1v) is 8.41. The molecule has 27 heavy (non-hydrogen) atoms. The van der Waals surface area contributed by atoms with Gasteiger partial charge in [-0.05, 0) is 66.6 Å². The molecule has 0 radical (unpaired) electrons. The van der Waals surface area contributed by atoms with E-state index in [4.69, 9.17) is 9.47 Å². The highest BCUT2D eigenvalue weighted by Crippen LogP contribution is 2.26. The summed E-state index contributed by atoms with van der Waals surface area (Å²) >= 11 is 0. The maximum Gasteiger partial charge on any atom is 0.262 e. The molecule has 1 heterocycles. The van der Waals surface area contributed by atoms with E-state index in [1.807, 2.05) is 32.0 Å². The maximum absolute atomic E-state index is 12.3. The Morgan fingerprint density at radius 1 is 1.11 bits per heavy atom. The van der Waals surface area contributed by atoms with Crippen molar-refractivity contribution in [3.05, 3.63) is 53.3 Å². The molecular weight excluding hydrogens is 346 g/mol. The minimum Gasteiger partial charge on any atom is -0.494 e. The second kappa shape index (κ2) is 7.86. The second-order valence-corrected chi connectivity index (χ2v) is 6.13. The van der Waals surface area contributed by atoms with Crippen LogP contribution in [0.4, 0.5) is 5.69 Å². The Balaban J connectivity index is 1.73. The molecule has 0 unspecified atom stereocenters. The maximum atomic E-state index is 12.3. The number of carbonyl (C=O) groups is 1. The fraction of sp³-hybridized carbons (Fsp3) is 0.263. The summed E-state index contributed by atoms with van der Waals surface area (Å²) < 4.78 is 12.5. The van der Waals surface area contributed by atoms with E-state index in [-0.39, 0.29) is 12.5 Å². The topological polar surface area (TPSA) is 91.2 Å². The number of benzene rings is 2. The number of amides is 1. The van der Waals surface area contributed by atoms with Crippen LogP contribution in [0.3, 0.4) is 0 Å². The SMILES string of the molecule is COc1ccc(NC(=O)COc2cc(C)ccc2C)cc1-n1nnnc1C. The van der Waals surface area contributed by atoms with Crippen molar-refractivity contribution in [3.8, 4) is 17.2 Å². The van der Waals surface area contributed by atoms with Crippen LogP contribution in [0.1, 0.15) is 17.0 Å². The molecule has 1 amide bonds. The van der Waals surface area contributed by atoms with Gasteiger partial charge >= 0.3 is 0 Å². The number of hydrogen-bond donors (Lipinski definition) is 1. The molecular formula is C19H21N5O3. The first-order valence-electron chi connectivity index (χ1n) is 8.41. The van der Waals surface area contributed by atoms with Gasteiger partial charge in [0.2, 0.25) is 0 Å². The van der Waals surface area contributed by atoms with Gasteiger partial charge in [0.1, 0.15) is 17.2 Å². The molecule has 140 valence electrons. The number of methoxy groups -OCH3 is 1. The van der Waals surface area contributed by atoms with Gasteiger partial charge in [-0.2, -0.15) is 4.68 Å². The highest BCUT2D eigenvalue weighted by Gasteiger charge is 2.13. The molecule has 0 spiro atoms. The smallest absolute Gasteiger partial charge is 0.262 e. The van der Waals surface area contributed by atoms with Crippen LogP contribution < -0.4 is 14.8 Å². The lowest BCUT2D eigenvalue weighted by Crippen LogP contribution is -2.20. The summed E-state index contributed by atoms with van der Waals surface area (Å²) in [6.07, 6.45) is 0. The number of aromatic nitrogens is 4. The molecule has 1 N–H and O–H groups in total. The molecule has 0 aliphatic carbocycles. The van der Waals surface area contributed by atoms with Gasteiger partial charge in [-0.1, -0.05) is 12.1 Å². The van der Waals surface area contributed by atoms with Crippen molar-refractivity contribution in [2.45, 2.75) is 20.8 Å². The third-order valence-electron chi connectivity index (χ3n) is 4.02. The van der Waals surface area contributed by atoms with Crippen molar-refractivity contribution in [3.63, 3.8) is 0 Å². The van der Waals surface area contributed by atoms with Gasteiger partial charge in [0, 0.05) is 5.69 Å². The lowest BCUT2D eigenvalue weighted by molar-refractivity contribution is -0.118. The average Bonchev–Trinajstić information content (AvgIpc) is 3.08. The predicted molar refractivity (Wildman–Crippen MR) is 100 cm³/mol. The van der Waals surface area contributed by atoms with E-state index in [9.17, 15) is 4.79 Å². The molecule has 0 aliphatic rings. The molecule has 2 aromatic carbocycles. The second-order valence-electron chi connectivity index (χ2n) is 6.13. The summed E-state index contributed by atoms with van der Waals surface area (Å²) in [5.41, 5.74) is 3.28. The zero-order valence-electron chi connectivity index (χ0n) is 15.7. The molecule has 0 saturated carbocycles. The Bertz CT molecular complexity index is 968. The van der Waals surface area contributed by atoms with Crippen LogP contribution >= 0.6 is 0 Å². The first kappa shape index (κ1) is 18.4. The van der Waals surface area contributed by atoms with Gasteiger partial charge in [-0.3, -0.25) is 4.79 Å². The van der Waals surface area contributed by atoms with E-state index in [1.165, 1.54) is 0 Å². The predicted octanol–water partition coefficient (Wildman–Crippen LogP) is 2.61. The van der Waals surface area contributed by atoms with Crippen molar-refractivity contribution < 1.29 is 14.3 Å². The third kappa shape index (κ3) is 4.22. The molecule has 0 atom stereocenters. The summed E-state index contributed by atoms with van der Waals surface area (Å²) in [6.45, 7) is 5.61. The lowest BCUT2D eigenvalue weighted by Gasteiger charge is -2.13. The summed E-state index contributed by atoms with van der Waals surface area (Å²) in [7, 11) is 1.56. The van der Waals surface area contributed by atoms with E-state index in [2.05, 4.69) is 20.8 Å². The van der Waals surface area contributed by atoms with Gasteiger partial charge < -0.3 is 14.8 Å². The Kier molecular flexibility index (Phi) is 5.35. The number of nitrogens with one attached hydrogen (secondary N) is 1. The highest BCUT2D eigenvalue weighted by atomic mass is 16.5. The largest absolute Gasteiger partial charge is 0.494 e. The van der Waals surface area contributed by atoms with Crippen molar-refractivity contribution in [2.24, 2.45) is 0 Å². The Labute approximate surface area is 157 Å². The molecule has 0 fully saturated rings. The molecule has 0 bridgehead atoms. The lowest BCUT2D eigenvalue weighted by atomic mass is 10.1. The first-order chi connectivity index (χ1) is 13.0. The van der Waals surface area contributed by atoms with Crippen molar-refractivity contribution in [1.82, 2.24) is 20.2 Å². The van der Waals surface area contributed by atoms with E-state index >= 15 is 0 Å². The number of rotatable bonds is 6. The Hall–Kier alpha value is -3.42. The van der Waals surface area contributed by atoms with Crippen LogP contribution in [-0.4, -0.2) is 39.8 Å². The quantitative estimate of drug-likeness (QED) is 0.720. The third-order valence-corrected chi connectivity index (χ3v) is 4.02. The standard InChI is InChI=1S/C19H21N5O3/c1-12-5-6-13(2)18(9-12)27-11-19(25)20-15-7-8-17(26-4)16(10-15)24-14(3)21-22-23-24/h5-10H,11H2,1-4H3,(H,20,25). The highest BCUT2D eigenvalue weighted by molar-refractivity contribution is 5.92. The van der Waals surface area contributed by atoms with Gasteiger partial charge in [0.05, 0.1) is 7.11 Å². The molecule has 3 aromatic rings. The monoisotopic (exact) mass is 367 g/mol. The number of carbonyl (C=O) groups excluding carboxylic acids is 1. The van der Waals surface area contributed by atoms with Gasteiger partial charge in [-0.15, -0.1) is 5.10 Å². The minimum atomic E-state index is -0.263. The summed E-state index contributed by atoms with van der Waals surface area (Å²) in [5.74, 6) is 1.63. The zero-order valence-corrected chi connectivity index (χ0v) is 15.7. The Morgan fingerprint density at radius 3 is 2.63 bits per heavy atom. The number of tetrazole rings is 1. The van der Waals surface area contributed by atoms with E-state index < -0.39 is 0 Å². The normalized spacial score (nSPS) is 10.5. The molecule has 0 saturated heterocycles. The van der Waals surface area contributed by atoms with E-state index in [1.54, 1.807) is 36.9 Å². The number of aryl methyl sites for hydroxylation is 3. The van der Waals surface area contributed by atoms with E-state index in [0.29, 0.717) is 28.7 Å². The van der Waals surface area contributed by atoms with E-state index in [0.717, 1.165) is 11.1 Å². The van der Waals surface area contributed by atoms with Crippen LogP contribution in [0.2, 0.25) is 0 Å². The zero-order chi connectivity index (χ0) is 19.4. The fourth-order valence-electron chi connectivity index (χ4n) is 2.59. The van der Waals surface area contributed by atoms with Crippen LogP contribution in [0.25, 0.3) is 5.69 Å². The van der Waals surface area contributed by atoms with Gasteiger partial charge in [0.25, 0.3) is 5.91 Å². The van der Waals surface area contributed by atoms with Gasteiger partial charge in [0.15, 0.2) is 12.4 Å². The van der Waals surface area contributed by atoms with Crippen LogP contribution in [0.15, 0.2) is 36.4 Å². The van der Waals surface area contributed by atoms with Crippen LogP contribution in [0, 0.1) is 20.8 Å². The molecule has 0 aliphatic heterocycles. The number of ether oxygens (including phenoxy) is 2. The van der Waals surface area contributed by atoms with Crippen molar-refractivity contribution >= 4 is 11.6 Å². The van der Waals surface area contributed by atoms with Crippen molar-refractivity contribution in [1.29, 1.82) is 0 Å². The summed E-state index contributed by atoms with van der Waals surface area (Å²) in [4.78, 5) is 12.3. The van der Waals surface area contributed by atoms with Crippen molar-refractivity contribution in [2.75, 3.05) is 19.0 Å². The minimum absolute atomic E-state index is 0.0877.